The van der Waals surface area contributed by atoms with Crippen LogP contribution in [0.4, 0.5) is 5.69 Å². The van der Waals surface area contributed by atoms with Crippen LogP contribution in [0.1, 0.15) is 50.4 Å². The Morgan fingerprint density at radius 2 is 1.75 bits per heavy atom. The lowest BCUT2D eigenvalue weighted by Gasteiger charge is -2.23. The molecular formula is C16H24N2O2. The van der Waals surface area contributed by atoms with Crippen molar-refractivity contribution >= 4 is 17.4 Å². The van der Waals surface area contributed by atoms with E-state index in [0.29, 0.717) is 18.5 Å². The SMILES string of the molecule is CC(=O)c1ccc(NC(=O)CCC(C)(C)CCN)cc1. The van der Waals surface area contributed by atoms with Crippen molar-refractivity contribution in [3.05, 3.63) is 29.8 Å². The minimum Gasteiger partial charge on any atom is -0.330 e. The summed E-state index contributed by atoms with van der Waals surface area (Å²) in [6, 6.07) is 6.94. The molecule has 0 aliphatic rings. The highest BCUT2D eigenvalue weighted by Gasteiger charge is 2.18. The molecule has 4 heteroatoms. The third kappa shape index (κ3) is 5.53. The number of carbonyl (C=O) groups excluding carboxylic acids is 2. The highest BCUT2D eigenvalue weighted by Crippen LogP contribution is 2.26. The number of benzene rings is 1. The second-order valence-electron chi connectivity index (χ2n) is 5.88. The Hall–Kier alpha value is -1.68. The van der Waals surface area contributed by atoms with E-state index in [-0.39, 0.29) is 17.1 Å². The maximum Gasteiger partial charge on any atom is 0.224 e. The van der Waals surface area contributed by atoms with E-state index in [9.17, 15) is 9.59 Å². The molecule has 0 aliphatic heterocycles. The molecular weight excluding hydrogens is 252 g/mol. The van der Waals surface area contributed by atoms with E-state index in [1.807, 2.05) is 0 Å². The summed E-state index contributed by atoms with van der Waals surface area (Å²) in [7, 11) is 0. The van der Waals surface area contributed by atoms with Crippen LogP contribution in [0.2, 0.25) is 0 Å². The normalized spacial score (nSPS) is 11.2. The molecule has 0 fully saturated rings. The number of carbonyl (C=O) groups is 2. The van der Waals surface area contributed by atoms with Crippen molar-refractivity contribution in [2.75, 3.05) is 11.9 Å². The quantitative estimate of drug-likeness (QED) is 0.752. The summed E-state index contributed by atoms with van der Waals surface area (Å²) < 4.78 is 0. The molecule has 1 aromatic rings. The van der Waals surface area contributed by atoms with Gasteiger partial charge in [-0.05, 0) is 56.0 Å². The maximum absolute atomic E-state index is 11.9. The molecule has 0 unspecified atom stereocenters. The highest BCUT2D eigenvalue weighted by atomic mass is 16.1. The summed E-state index contributed by atoms with van der Waals surface area (Å²) >= 11 is 0. The molecule has 1 rings (SSSR count). The Balaban J connectivity index is 2.48. The standard InChI is InChI=1S/C16H24N2O2/c1-12(19)13-4-6-14(7-5-13)18-15(20)8-9-16(2,3)10-11-17/h4-7H,8-11,17H2,1-3H3,(H,18,20). The summed E-state index contributed by atoms with van der Waals surface area (Å²) in [4.78, 5) is 23.0. The Morgan fingerprint density at radius 3 is 2.25 bits per heavy atom. The van der Waals surface area contributed by atoms with E-state index < -0.39 is 0 Å². The first-order chi connectivity index (χ1) is 9.34. The van der Waals surface area contributed by atoms with Crippen LogP contribution in [0, 0.1) is 5.41 Å². The van der Waals surface area contributed by atoms with Crippen molar-refractivity contribution in [3.63, 3.8) is 0 Å². The second kappa shape index (κ2) is 7.20. The van der Waals surface area contributed by atoms with Gasteiger partial charge in [-0.3, -0.25) is 9.59 Å². The van der Waals surface area contributed by atoms with Gasteiger partial charge in [0.25, 0.3) is 0 Å². The second-order valence-corrected chi connectivity index (χ2v) is 5.88. The number of nitrogens with one attached hydrogen (secondary N) is 1. The molecule has 0 radical (unpaired) electrons. The van der Waals surface area contributed by atoms with E-state index in [1.54, 1.807) is 24.3 Å². The number of nitrogens with two attached hydrogens (primary N) is 1. The molecule has 0 heterocycles. The van der Waals surface area contributed by atoms with Gasteiger partial charge in [0.2, 0.25) is 5.91 Å². The molecule has 0 atom stereocenters. The van der Waals surface area contributed by atoms with Gasteiger partial charge in [0.1, 0.15) is 0 Å². The van der Waals surface area contributed by atoms with E-state index in [0.717, 1.165) is 18.5 Å². The monoisotopic (exact) mass is 276 g/mol. The summed E-state index contributed by atoms with van der Waals surface area (Å²) in [5.41, 5.74) is 7.01. The van der Waals surface area contributed by atoms with E-state index >= 15 is 0 Å². The van der Waals surface area contributed by atoms with Gasteiger partial charge in [-0.15, -0.1) is 0 Å². The number of ketones is 1. The first kappa shape index (κ1) is 16.4. The van der Waals surface area contributed by atoms with Crippen LogP contribution in [-0.4, -0.2) is 18.2 Å². The van der Waals surface area contributed by atoms with Crippen molar-refractivity contribution in [2.45, 2.75) is 40.0 Å². The largest absolute Gasteiger partial charge is 0.330 e. The van der Waals surface area contributed by atoms with Crippen LogP contribution in [0.15, 0.2) is 24.3 Å². The zero-order chi connectivity index (χ0) is 15.2. The summed E-state index contributed by atoms with van der Waals surface area (Å²) in [5, 5.41) is 2.84. The number of hydrogen-bond acceptors (Lipinski definition) is 3. The number of anilines is 1. The Kier molecular flexibility index (Phi) is 5.89. The van der Waals surface area contributed by atoms with E-state index in [1.165, 1.54) is 6.92 Å². The predicted molar refractivity (Wildman–Crippen MR) is 81.8 cm³/mol. The molecule has 0 saturated carbocycles. The molecule has 1 amide bonds. The third-order valence-electron chi connectivity index (χ3n) is 3.43. The van der Waals surface area contributed by atoms with Crippen LogP contribution in [-0.2, 0) is 4.79 Å². The van der Waals surface area contributed by atoms with Crippen molar-refractivity contribution in [3.8, 4) is 0 Å². The fraction of sp³-hybridized carbons (Fsp3) is 0.500. The first-order valence-electron chi connectivity index (χ1n) is 6.95. The smallest absolute Gasteiger partial charge is 0.224 e. The molecule has 0 spiro atoms. The Bertz CT molecular complexity index is 464. The minimum atomic E-state index is -0.00864. The van der Waals surface area contributed by atoms with E-state index in [2.05, 4.69) is 19.2 Å². The van der Waals surface area contributed by atoms with Crippen molar-refractivity contribution in [1.82, 2.24) is 0 Å². The number of hydrogen-bond donors (Lipinski definition) is 2. The van der Waals surface area contributed by atoms with Gasteiger partial charge >= 0.3 is 0 Å². The fourth-order valence-corrected chi connectivity index (χ4v) is 1.98. The molecule has 3 N–H and O–H groups in total. The molecule has 4 nitrogen and oxygen atoms in total. The van der Waals surface area contributed by atoms with Gasteiger partial charge in [-0.2, -0.15) is 0 Å². The Morgan fingerprint density at radius 1 is 1.15 bits per heavy atom. The zero-order valence-electron chi connectivity index (χ0n) is 12.5. The molecule has 20 heavy (non-hydrogen) atoms. The van der Waals surface area contributed by atoms with Crippen LogP contribution < -0.4 is 11.1 Å². The lowest BCUT2D eigenvalue weighted by atomic mass is 9.84. The first-order valence-corrected chi connectivity index (χ1v) is 6.95. The van der Waals surface area contributed by atoms with Crippen LogP contribution in [0.25, 0.3) is 0 Å². The lowest BCUT2D eigenvalue weighted by molar-refractivity contribution is -0.116. The zero-order valence-corrected chi connectivity index (χ0v) is 12.5. The third-order valence-corrected chi connectivity index (χ3v) is 3.43. The molecule has 0 bridgehead atoms. The molecule has 0 aromatic heterocycles. The van der Waals surface area contributed by atoms with Gasteiger partial charge in [0.15, 0.2) is 5.78 Å². The number of rotatable bonds is 7. The van der Waals surface area contributed by atoms with Crippen LogP contribution in [0.3, 0.4) is 0 Å². The minimum absolute atomic E-state index is 0.00864. The van der Waals surface area contributed by atoms with Crippen molar-refractivity contribution in [2.24, 2.45) is 11.1 Å². The molecule has 110 valence electrons. The molecule has 1 aromatic carbocycles. The predicted octanol–water partition coefficient (Wildman–Crippen LogP) is 2.98. The average Bonchev–Trinajstić information content (AvgIpc) is 2.37. The van der Waals surface area contributed by atoms with Gasteiger partial charge < -0.3 is 11.1 Å². The summed E-state index contributed by atoms with van der Waals surface area (Å²) in [6.45, 7) is 6.40. The average molecular weight is 276 g/mol. The summed E-state index contributed by atoms with van der Waals surface area (Å²) in [5.74, 6) is 0.0112. The van der Waals surface area contributed by atoms with Gasteiger partial charge in [0.05, 0.1) is 0 Å². The maximum atomic E-state index is 11.9. The van der Waals surface area contributed by atoms with Crippen molar-refractivity contribution in [1.29, 1.82) is 0 Å². The van der Waals surface area contributed by atoms with Gasteiger partial charge in [-0.1, -0.05) is 13.8 Å². The van der Waals surface area contributed by atoms with Gasteiger partial charge in [-0.25, -0.2) is 0 Å². The number of amides is 1. The van der Waals surface area contributed by atoms with Gasteiger partial charge in [0, 0.05) is 17.7 Å². The molecule has 0 aliphatic carbocycles. The topological polar surface area (TPSA) is 72.2 Å². The van der Waals surface area contributed by atoms with Crippen LogP contribution in [0.5, 0.6) is 0 Å². The van der Waals surface area contributed by atoms with E-state index in [4.69, 9.17) is 5.73 Å². The highest BCUT2D eigenvalue weighted by molar-refractivity contribution is 5.95. The fourth-order valence-electron chi connectivity index (χ4n) is 1.98. The van der Waals surface area contributed by atoms with Crippen molar-refractivity contribution < 1.29 is 9.59 Å². The number of Topliss-reactive ketones (excluding diaryl/α,β-unsaturated/α-hetero) is 1. The lowest BCUT2D eigenvalue weighted by Crippen LogP contribution is -2.20. The Labute approximate surface area is 120 Å². The molecule has 0 saturated heterocycles. The summed E-state index contributed by atoms with van der Waals surface area (Å²) in [6.07, 6.45) is 2.19. The van der Waals surface area contributed by atoms with Crippen LogP contribution >= 0.6 is 0 Å².